The molecule has 2 amide bonds. The Labute approximate surface area is 129 Å². The lowest BCUT2D eigenvalue weighted by atomic mass is 10.1. The lowest BCUT2D eigenvalue weighted by Crippen LogP contribution is -2.37. The fraction of sp³-hybridized carbons (Fsp3) is 0.467. The summed E-state index contributed by atoms with van der Waals surface area (Å²) >= 11 is 1.68. The van der Waals surface area contributed by atoms with Gasteiger partial charge in [0, 0.05) is 31.9 Å². The molecule has 0 aliphatic carbocycles. The molecular weight excluding hydrogens is 284 g/mol. The van der Waals surface area contributed by atoms with Crippen molar-refractivity contribution in [3.05, 3.63) is 39.8 Å². The average molecular weight is 306 g/mol. The third kappa shape index (κ3) is 4.32. The topological polar surface area (TPSA) is 59.0 Å². The van der Waals surface area contributed by atoms with Crippen molar-refractivity contribution in [2.75, 3.05) is 6.54 Å². The predicted octanol–water partition coefficient (Wildman–Crippen LogP) is 2.65. The number of nitrogens with one attached hydrogen (secondary N) is 2. The number of aryl methyl sites for hydroxylation is 2. The summed E-state index contributed by atoms with van der Waals surface area (Å²) in [5.74, 6) is 0.326. The minimum Gasteiger partial charge on any atom is -0.338 e. The number of aromatic nitrogens is 2. The summed E-state index contributed by atoms with van der Waals surface area (Å²) < 4.78 is 1.78. The molecular formula is C15H22N4OS. The van der Waals surface area contributed by atoms with Gasteiger partial charge in [-0.3, -0.25) is 4.68 Å². The highest BCUT2D eigenvalue weighted by Crippen LogP contribution is 2.16. The van der Waals surface area contributed by atoms with Crippen LogP contribution in [0.3, 0.4) is 0 Å². The summed E-state index contributed by atoms with van der Waals surface area (Å²) in [6, 6.07) is 1.96. The number of carbonyl (C=O) groups is 1. The molecule has 1 unspecified atom stereocenters. The van der Waals surface area contributed by atoms with Crippen molar-refractivity contribution in [2.24, 2.45) is 7.05 Å². The Balaban J connectivity index is 1.77. The van der Waals surface area contributed by atoms with Crippen LogP contribution in [-0.2, 0) is 20.0 Å². The van der Waals surface area contributed by atoms with Crippen molar-refractivity contribution in [1.82, 2.24) is 20.4 Å². The van der Waals surface area contributed by atoms with Crippen molar-refractivity contribution in [1.29, 1.82) is 0 Å². The molecule has 2 heterocycles. The molecule has 2 N–H and O–H groups in total. The molecule has 0 aromatic carbocycles. The van der Waals surface area contributed by atoms with E-state index in [1.54, 1.807) is 16.0 Å². The quantitative estimate of drug-likeness (QED) is 0.862. The lowest BCUT2D eigenvalue weighted by molar-refractivity contribution is 0.240. The summed E-state index contributed by atoms with van der Waals surface area (Å²) in [5, 5.41) is 14.3. The zero-order valence-corrected chi connectivity index (χ0v) is 13.5. The number of hydrogen-bond donors (Lipinski definition) is 2. The summed E-state index contributed by atoms with van der Waals surface area (Å²) in [7, 11) is 1.89. The van der Waals surface area contributed by atoms with Crippen LogP contribution in [0, 0.1) is 0 Å². The Morgan fingerprint density at radius 3 is 2.95 bits per heavy atom. The van der Waals surface area contributed by atoms with E-state index < -0.39 is 0 Å². The number of rotatable bonds is 6. The van der Waals surface area contributed by atoms with Gasteiger partial charge in [0.1, 0.15) is 0 Å². The fourth-order valence-corrected chi connectivity index (χ4v) is 2.97. The zero-order chi connectivity index (χ0) is 15.2. The Morgan fingerprint density at radius 1 is 1.48 bits per heavy atom. The van der Waals surface area contributed by atoms with Crippen LogP contribution in [0.25, 0.3) is 0 Å². The van der Waals surface area contributed by atoms with E-state index in [-0.39, 0.29) is 6.03 Å². The highest BCUT2D eigenvalue weighted by atomic mass is 32.1. The Hall–Kier alpha value is -1.82. The molecule has 0 bridgehead atoms. The van der Waals surface area contributed by atoms with Crippen LogP contribution < -0.4 is 10.6 Å². The number of hydrogen-bond acceptors (Lipinski definition) is 3. The molecule has 0 saturated heterocycles. The van der Waals surface area contributed by atoms with Crippen molar-refractivity contribution in [2.45, 2.75) is 32.7 Å². The van der Waals surface area contributed by atoms with Crippen molar-refractivity contribution < 1.29 is 4.79 Å². The van der Waals surface area contributed by atoms with Crippen molar-refractivity contribution in [3.63, 3.8) is 0 Å². The molecule has 0 spiro atoms. The van der Waals surface area contributed by atoms with Gasteiger partial charge in [-0.1, -0.05) is 13.8 Å². The summed E-state index contributed by atoms with van der Waals surface area (Å²) in [4.78, 5) is 11.9. The average Bonchev–Trinajstić information content (AvgIpc) is 3.11. The molecule has 114 valence electrons. The molecule has 1 atom stereocenters. The van der Waals surface area contributed by atoms with E-state index in [4.69, 9.17) is 0 Å². The van der Waals surface area contributed by atoms with Crippen molar-refractivity contribution >= 4 is 17.4 Å². The Bertz CT molecular complexity index is 577. The Kier molecular flexibility index (Phi) is 5.38. The number of thiophene rings is 1. The highest BCUT2D eigenvalue weighted by molar-refractivity contribution is 7.07. The van der Waals surface area contributed by atoms with E-state index in [0.29, 0.717) is 19.0 Å². The highest BCUT2D eigenvalue weighted by Gasteiger charge is 2.10. The van der Waals surface area contributed by atoms with Crippen LogP contribution in [0.5, 0.6) is 0 Å². The molecule has 2 rings (SSSR count). The van der Waals surface area contributed by atoms with Gasteiger partial charge in [-0.25, -0.2) is 4.79 Å². The lowest BCUT2D eigenvalue weighted by Gasteiger charge is -2.12. The van der Waals surface area contributed by atoms with Crippen molar-refractivity contribution in [3.8, 4) is 0 Å². The molecule has 5 nitrogen and oxygen atoms in total. The van der Waals surface area contributed by atoms with Gasteiger partial charge in [-0.2, -0.15) is 16.4 Å². The standard InChI is InChI=1S/C15H22N4OS/c1-4-14-13(9-19(3)18-14)8-17-15(20)16-7-11(2)12-5-6-21-10-12/h5-6,9-11H,4,7-8H2,1-3H3,(H2,16,17,20). The largest absolute Gasteiger partial charge is 0.338 e. The molecule has 0 saturated carbocycles. The van der Waals surface area contributed by atoms with E-state index in [1.807, 2.05) is 13.2 Å². The normalized spacial score (nSPS) is 12.1. The molecule has 6 heteroatoms. The molecule has 0 radical (unpaired) electrons. The van der Waals surface area contributed by atoms with Gasteiger partial charge in [0.2, 0.25) is 0 Å². The molecule has 2 aromatic rings. The van der Waals surface area contributed by atoms with E-state index in [1.165, 1.54) is 5.56 Å². The second-order valence-electron chi connectivity index (χ2n) is 5.15. The first kappa shape index (κ1) is 15.6. The Morgan fingerprint density at radius 2 is 2.29 bits per heavy atom. The van der Waals surface area contributed by atoms with Crippen LogP contribution in [0.15, 0.2) is 23.0 Å². The van der Waals surface area contributed by atoms with Gasteiger partial charge in [-0.15, -0.1) is 0 Å². The molecule has 21 heavy (non-hydrogen) atoms. The minimum atomic E-state index is -0.136. The second kappa shape index (κ2) is 7.26. The summed E-state index contributed by atoms with van der Waals surface area (Å²) in [6.07, 6.45) is 2.82. The van der Waals surface area contributed by atoms with Crippen LogP contribution in [0.4, 0.5) is 4.79 Å². The maximum Gasteiger partial charge on any atom is 0.315 e. The predicted molar refractivity (Wildman–Crippen MR) is 85.6 cm³/mol. The van der Waals surface area contributed by atoms with E-state index in [9.17, 15) is 4.79 Å². The maximum absolute atomic E-state index is 11.9. The third-order valence-corrected chi connectivity index (χ3v) is 4.15. The van der Waals surface area contributed by atoms with E-state index >= 15 is 0 Å². The monoisotopic (exact) mass is 306 g/mol. The summed E-state index contributed by atoms with van der Waals surface area (Å²) in [5.41, 5.74) is 3.37. The van der Waals surface area contributed by atoms with Gasteiger partial charge in [0.05, 0.1) is 5.69 Å². The first-order valence-corrected chi connectivity index (χ1v) is 8.09. The molecule has 0 aliphatic rings. The van der Waals surface area contributed by atoms with Gasteiger partial charge < -0.3 is 10.6 Å². The maximum atomic E-state index is 11.9. The SMILES string of the molecule is CCc1nn(C)cc1CNC(=O)NCC(C)c1ccsc1. The number of carbonyl (C=O) groups excluding carboxylic acids is 1. The number of urea groups is 1. The van der Waals surface area contributed by atoms with Crippen LogP contribution in [0.2, 0.25) is 0 Å². The van der Waals surface area contributed by atoms with Gasteiger partial charge >= 0.3 is 6.03 Å². The second-order valence-corrected chi connectivity index (χ2v) is 5.93. The van der Waals surface area contributed by atoms with Crippen LogP contribution in [-0.4, -0.2) is 22.4 Å². The third-order valence-electron chi connectivity index (χ3n) is 3.45. The fourth-order valence-electron chi connectivity index (χ4n) is 2.19. The van der Waals surface area contributed by atoms with Gasteiger partial charge in [0.15, 0.2) is 0 Å². The smallest absolute Gasteiger partial charge is 0.315 e. The molecule has 0 fully saturated rings. The first-order valence-electron chi connectivity index (χ1n) is 7.15. The van der Waals surface area contributed by atoms with Crippen LogP contribution >= 0.6 is 11.3 Å². The van der Waals surface area contributed by atoms with E-state index in [2.05, 4.69) is 46.4 Å². The van der Waals surface area contributed by atoms with Gasteiger partial charge in [-0.05, 0) is 34.7 Å². The zero-order valence-electron chi connectivity index (χ0n) is 12.7. The van der Waals surface area contributed by atoms with Crippen LogP contribution in [0.1, 0.15) is 36.6 Å². The van der Waals surface area contributed by atoms with E-state index in [0.717, 1.165) is 17.7 Å². The number of nitrogens with zero attached hydrogens (tertiary/aromatic N) is 2. The first-order chi connectivity index (χ1) is 10.1. The van der Waals surface area contributed by atoms with Gasteiger partial charge in [0.25, 0.3) is 0 Å². The molecule has 2 aromatic heterocycles. The minimum absolute atomic E-state index is 0.136. The summed E-state index contributed by atoms with van der Waals surface area (Å²) in [6.45, 7) is 5.32. The number of amides is 2. The molecule has 0 aliphatic heterocycles.